The maximum Gasteiger partial charge on any atom is 0.143 e. The smallest absolute Gasteiger partial charge is 0.143 e. The molecule has 0 spiro atoms. The van der Waals surface area contributed by atoms with Gasteiger partial charge >= 0.3 is 0 Å². The second-order valence-corrected chi connectivity index (χ2v) is 16.5. The summed E-state index contributed by atoms with van der Waals surface area (Å²) in [7, 11) is 0. The summed E-state index contributed by atoms with van der Waals surface area (Å²) in [4.78, 5) is 2.41. The van der Waals surface area contributed by atoms with Crippen LogP contribution in [0.5, 0.6) is 0 Å². The molecule has 284 valence electrons. The van der Waals surface area contributed by atoms with Gasteiger partial charge in [-0.2, -0.15) is 0 Å². The highest BCUT2D eigenvalue weighted by Gasteiger charge is 2.36. The molecule has 0 unspecified atom stereocenters. The number of rotatable bonds is 6. The van der Waals surface area contributed by atoms with E-state index in [9.17, 15) is 0 Å². The second-order valence-electron chi connectivity index (χ2n) is 16.5. The lowest BCUT2D eigenvalue weighted by atomic mass is 9.82. The minimum Gasteiger partial charge on any atom is -0.456 e. The first-order chi connectivity index (χ1) is 29.5. The first-order valence-electron chi connectivity index (χ1n) is 20.7. The maximum absolute atomic E-state index is 6.78. The third-order valence-corrected chi connectivity index (χ3v) is 12.7. The van der Waals surface area contributed by atoms with Crippen molar-refractivity contribution >= 4 is 60.9 Å². The zero-order valence-electron chi connectivity index (χ0n) is 33.3. The number of fused-ring (bicyclic) bond motifs is 9. The van der Waals surface area contributed by atoms with E-state index in [1.54, 1.807) is 0 Å². The van der Waals surface area contributed by atoms with Crippen LogP contribution in [0, 0.1) is 0 Å². The predicted octanol–water partition coefficient (Wildman–Crippen LogP) is 16.3. The minimum atomic E-state index is -0.157. The fourth-order valence-electron chi connectivity index (χ4n) is 9.70. The fourth-order valence-corrected chi connectivity index (χ4v) is 9.70. The highest BCUT2D eigenvalue weighted by molar-refractivity contribution is 6.19. The molecule has 60 heavy (non-hydrogen) atoms. The van der Waals surface area contributed by atoms with E-state index in [4.69, 9.17) is 8.83 Å². The van der Waals surface area contributed by atoms with Gasteiger partial charge in [0.2, 0.25) is 0 Å². The van der Waals surface area contributed by atoms with E-state index in [1.807, 2.05) is 6.07 Å². The monoisotopic (exact) mass is 769 g/mol. The number of benzene rings is 9. The summed E-state index contributed by atoms with van der Waals surface area (Å²) in [6, 6.07) is 71.8. The molecule has 12 rings (SSSR count). The number of hydrogen-bond acceptors (Lipinski definition) is 3. The predicted molar refractivity (Wildman–Crippen MR) is 250 cm³/mol. The van der Waals surface area contributed by atoms with Crippen molar-refractivity contribution in [2.75, 3.05) is 4.90 Å². The molecule has 0 saturated heterocycles. The van der Waals surface area contributed by atoms with Gasteiger partial charge in [-0.3, -0.25) is 0 Å². The SMILES string of the molecule is CC1(C)c2ccccc2-c2ccc(N(c3cccc(-c4ccc(-c5ccccc5)cc4)c3)c3cccc4oc5cc6c(cc5c34)oc3c(-c4ccccc4)cccc36)cc21. The molecule has 0 fully saturated rings. The van der Waals surface area contributed by atoms with Crippen molar-refractivity contribution in [3.8, 4) is 44.5 Å². The molecule has 3 nitrogen and oxygen atoms in total. The molecule has 0 amide bonds. The molecule has 0 bridgehead atoms. The molecule has 0 radical (unpaired) electrons. The summed E-state index contributed by atoms with van der Waals surface area (Å²) in [5.41, 5.74) is 18.6. The van der Waals surface area contributed by atoms with Gasteiger partial charge in [-0.25, -0.2) is 0 Å². The lowest BCUT2D eigenvalue weighted by Gasteiger charge is -2.29. The largest absolute Gasteiger partial charge is 0.456 e. The summed E-state index contributed by atoms with van der Waals surface area (Å²) in [5, 5.41) is 4.17. The van der Waals surface area contributed by atoms with Crippen molar-refractivity contribution in [3.63, 3.8) is 0 Å². The molecule has 1 aliphatic rings. The molecule has 0 atom stereocenters. The topological polar surface area (TPSA) is 29.5 Å². The normalized spacial score (nSPS) is 13.0. The zero-order chi connectivity index (χ0) is 40.0. The minimum absolute atomic E-state index is 0.157. The molecule has 11 aromatic rings. The molecule has 1 aliphatic carbocycles. The first-order valence-corrected chi connectivity index (χ1v) is 20.7. The van der Waals surface area contributed by atoms with Crippen molar-refractivity contribution in [2.24, 2.45) is 0 Å². The van der Waals surface area contributed by atoms with Gasteiger partial charge in [0.05, 0.1) is 11.1 Å². The molecule has 0 N–H and O–H groups in total. The summed E-state index contributed by atoms with van der Waals surface area (Å²) < 4.78 is 13.6. The zero-order valence-corrected chi connectivity index (χ0v) is 33.3. The summed E-state index contributed by atoms with van der Waals surface area (Å²) in [6.07, 6.45) is 0. The van der Waals surface area contributed by atoms with Gasteiger partial charge in [0.25, 0.3) is 0 Å². The Kier molecular flexibility index (Phi) is 7.58. The summed E-state index contributed by atoms with van der Waals surface area (Å²) in [6.45, 7) is 4.69. The molecule has 0 aliphatic heterocycles. The number of hydrogen-bond donors (Lipinski definition) is 0. The van der Waals surface area contributed by atoms with Crippen molar-refractivity contribution in [1.29, 1.82) is 0 Å². The number of anilines is 3. The standard InChI is InChI=1S/C57H39NO2/c1-57(2)49-23-10-9-20-44(49)45-31-30-42(33-50(45)57)58(41-19-11-18-40(32-41)38-28-26-37(27-29-38)36-14-5-3-6-15-36)51-24-13-25-52-55(51)48-35-53-47(34-54(48)59-52)46-22-12-21-43(56(46)60-53)39-16-7-4-8-17-39/h3-35H,1-2H3. The Bertz CT molecular complexity index is 3450. The highest BCUT2D eigenvalue weighted by atomic mass is 16.3. The third kappa shape index (κ3) is 5.29. The van der Waals surface area contributed by atoms with Crippen molar-refractivity contribution in [1.82, 2.24) is 0 Å². The van der Waals surface area contributed by atoms with Gasteiger partial charge in [-0.15, -0.1) is 0 Å². The van der Waals surface area contributed by atoms with Crippen LogP contribution in [0.1, 0.15) is 25.0 Å². The molecule has 0 saturated carbocycles. The van der Waals surface area contributed by atoms with Crippen LogP contribution in [-0.4, -0.2) is 0 Å². The Morgan fingerprint density at radius 3 is 1.78 bits per heavy atom. The molecular formula is C57H39NO2. The van der Waals surface area contributed by atoms with Crippen LogP contribution in [0.25, 0.3) is 88.4 Å². The van der Waals surface area contributed by atoms with Gasteiger partial charge in [-0.05, 0) is 98.6 Å². The Hall–Kier alpha value is -7.62. The third-order valence-electron chi connectivity index (χ3n) is 12.7. The van der Waals surface area contributed by atoms with E-state index in [2.05, 4.69) is 213 Å². The quantitative estimate of drug-likeness (QED) is 0.169. The van der Waals surface area contributed by atoms with Crippen LogP contribution < -0.4 is 4.90 Å². The van der Waals surface area contributed by atoms with E-state index >= 15 is 0 Å². The Morgan fingerprint density at radius 2 is 0.967 bits per heavy atom. The average Bonchev–Trinajstić information content (AvgIpc) is 3.93. The lowest BCUT2D eigenvalue weighted by Crippen LogP contribution is -2.16. The van der Waals surface area contributed by atoms with Crippen LogP contribution in [0.4, 0.5) is 17.1 Å². The number of furan rings is 2. The van der Waals surface area contributed by atoms with E-state index in [1.165, 1.54) is 33.4 Å². The van der Waals surface area contributed by atoms with Gasteiger partial charge in [0, 0.05) is 38.5 Å². The fraction of sp³-hybridized carbons (Fsp3) is 0.0526. The van der Waals surface area contributed by atoms with Crippen molar-refractivity contribution in [2.45, 2.75) is 19.3 Å². The molecule has 2 aromatic heterocycles. The van der Waals surface area contributed by atoms with Gasteiger partial charge < -0.3 is 13.7 Å². The van der Waals surface area contributed by atoms with Crippen LogP contribution >= 0.6 is 0 Å². The van der Waals surface area contributed by atoms with Gasteiger partial charge in [0.15, 0.2) is 0 Å². The van der Waals surface area contributed by atoms with Crippen LogP contribution in [0.15, 0.2) is 209 Å². The Morgan fingerprint density at radius 1 is 0.367 bits per heavy atom. The molecular weight excluding hydrogens is 731 g/mol. The van der Waals surface area contributed by atoms with E-state index in [-0.39, 0.29) is 5.41 Å². The van der Waals surface area contributed by atoms with Gasteiger partial charge in [-0.1, -0.05) is 166 Å². The maximum atomic E-state index is 6.78. The second kappa shape index (κ2) is 13.2. The average molecular weight is 770 g/mol. The van der Waals surface area contributed by atoms with E-state index < -0.39 is 0 Å². The summed E-state index contributed by atoms with van der Waals surface area (Å²) >= 11 is 0. The molecule has 2 heterocycles. The highest BCUT2D eigenvalue weighted by Crippen LogP contribution is 2.52. The Labute approximate surface area is 348 Å². The van der Waals surface area contributed by atoms with E-state index in [0.717, 1.165) is 83.2 Å². The van der Waals surface area contributed by atoms with Gasteiger partial charge in [0.1, 0.15) is 22.3 Å². The number of nitrogens with zero attached hydrogens (tertiary/aromatic N) is 1. The van der Waals surface area contributed by atoms with E-state index in [0.29, 0.717) is 0 Å². The van der Waals surface area contributed by atoms with Crippen molar-refractivity contribution in [3.05, 3.63) is 211 Å². The number of para-hydroxylation sites is 1. The summed E-state index contributed by atoms with van der Waals surface area (Å²) in [5.74, 6) is 0. The lowest BCUT2D eigenvalue weighted by molar-refractivity contribution is 0.660. The van der Waals surface area contributed by atoms with Crippen LogP contribution in [0.3, 0.4) is 0 Å². The van der Waals surface area contributed by atoms with Crippen LogP contribution in [-0.2, 0) is 5.41 Å². The molecule has 3 heteroatoms. The van der Waals surface area contributed by atoms with Crippen LogP contribution in [0.2, 0.25) is 0 Å². The van der Waals surface area contributed by atoms with Crippen molar-refractivity contribution < 1.29 is 8.83 Å². The first kappa shape index (κ1) is 34.4. The Balaban J connectivity index is 1.06. The molecule has 9 aromatic carbocycles.